The van der Waals surface area contributed by atoms with Gasteiger partial charge in [-0.05, 0) is 18.2 Å². The maximum absolute atomic E-state index is 10.4. The molecule has 1 atom stereocenters. The Morgan fingerprint density at radius 1 is 1.50 bits per heavy atom. The van der Waals surface area contributed by atoms with E-state index in [2.05, 4.69) is 0 Å². The highest BCUT2D eigenvalue weighted by atomic mass is 16.3. The second-order valence-corrected chi connectivity index (χ2v) is 3.02. The van der Waals surface area contributed by atoms with Crippen LogP contribution < -0.4 is 11.5 Å². The second-order valence-electron chi connectivity index (χ2n) is 3.02. The van der Waals surface area contributed by atoms with Gasteiger partial charge in [0.05, 0.1) is 0 Å². The van der Waals surface area contributed by atoms with E-state index in [1.54, 1.807) is 0 Å². The summed E-state index contributed by atoms with van der Waals surface area (Å²) in [5.74, 6) is -0.189. The third kappa shape index (κ3) is 1.90. The number of rotatable bonds is 3. The Labute approximate surface area is 81.0 Å². The largest absolute Gasteiger partial charge is 0.508 e. The molecular formula is C9H12N2O3. The van der Waals surface area contributed by atoms with Crippen LogP contribution in [0.1, 0.15) is 15.9 Å². The Balaban J connectivity index is 3.25. The standard InChI is InChI=1S/C9H12N2O3/c10-5-9(11,14)7-3-6(4-12)1-2-8(7)13/h1-4,13-14H,5,10-11H2/t9-/m0/s1. The van der Waals surface area contributed by atoms with Gasteiger partial charge in [-0.1, -0.05) is 0 Å². The van der Waals surface area contributed by atoms with E-state index in [4.69, 9.17) is 11.5 Å². The predicted octanol–water partition coefficient (Wildman–Crippen LogP) is -0.733. The Bertz CT molecular complexity index is 350. The van der Waals surface area contributed by atoms with Gasteiger partial charge in [-0.25, -0.2) is 0 Å². The first kappa shape index (κ1) is 10.6. The molecule has 0 bridgehead atoms. The lowest BCUT2D eigenvalue weighted by Gasteiger charge is -2.22. The molecule has 14 heavy (non-hydrogen) atoms. The van der Waals surface area contributed by atoms with Crippen molar-refractivity contribution in [1.82, 2.24) is 0 Å². The van der Waals surface area contributed by atoms with Crippen LogP contribution in [0.25, 0.3) is 0 Å². The van der Waals surface area contributed by atoms with Crippen molar-refractivity contribution in [1.29, 1.82) is 0 Å². The van der Waals surface area contributed by atoms with Crippen LogP contribution in [0.3, 0.4) is 0 Å². The molecule has 1 aromatic carbocycles. The van der Waals surface area contributed by atoms with Crippen molar-refractivity contribution in [2.24, 2.45) is 11.5 Å². The second kappa shape index (κ2) is 3.75. The SMILES string of the molecule is NC[C@](N)(O)c1cc(C=O)ccc1O. The van der Waals surface area contributed by atoms with Gasteiger partial charge in [0, 0.05) is 17.7 Å². The topological polar surface area (TPSA) is 110 Å². The minimum atomic E-state index is -1.82. The fourth-order valence-corrected chi connectivity index (χ4v) is 1.08. The van der Waals surface area contributed by atoms with Gasteiger partial charge in [0.25, 0.3) is 0 Å². The highest BCUT2D eigenvalue weighted by Crippen LogP contribution is 2.25. The summed E-state index contributed by atoms with van der Waals surface area (Å²) in [6.07, 6.45) is 0.593. The van der Waals surface area contributed by atoms with Crippen LogP contribution >= 0.6 is 0 Å². The predicted molar refractivity (Wildman–Crippen MR) is 50.6 cm³/mol. The first-order valence-corrected chi connectivity index (χ1v) is 4.01. The number of hydrogen-bond acceptors (Lipinski definition) is 5. The van der Waals surface area contributed by atoms with E-state index in [0.717, 1.165) is 0 Å². The van der Waals surface area contributed by atoms with Crippen molar-refractivity contribution in [2.75, 3.05) is 6.54 Å². The smallest absolute Gasteiger partial charge is 0.155 e. The molecule has 0 aliphatic rings. The first-order valence-electron chi connectivity index (χ1n) is 4.01. The molecule has 5 nitrogen and oxygen atoms in total. The van der Waals surface area contributed by atoms with Crippen LogP contribution in [0.5, 0.6) is 5.75 Å². The Hall–Kier alpha value is -1.43. The Kier molecular flexibility index (Phi) is 2.85. The van der Waals surface area contributed by atoms with E-state index < -0.39 is 5.72 Å². The zero-order valence-corrected chi connectivity index (χ0v) is 7.47. The lowest BCUT2D eigenvalue weighted by atomic mass is 10.0. The molecular weight excluding hydrogens is 184 g/mol. The number of aromatic hydroxyl groups is 1. The van der Waals surface area contributed by atoms with E-state index in [9.17, 15) is 15.0 Å². The van der Waals surface area contributed by atoms with Crippen LogP contribution in [-0.2, 0) is 5.72 Å². The maximum atomic E-state index is 10.4. The summed E-state index contributed by atoms with van der Waals surface area (Å²) in [5.41, 5.74) is 9.19. The molecule has 0 heterocycles. The van der Waals surface area contributed by atoms with E-state index >= 15 is 0 Å². The van der Waals surface area contributed by atoms with Gasteiger partial charge >= 0.3 is 0 Å². The van der Waals surface area contributed by atoms with E-state index in [0.29, 0.717) is 11.8 Å². The van der Waals surface area contributed by atoms with E-state index in [1.807, 2.05) is 0 Å². The summed E-state index contributed by atoms with van der Waals surface area (Å²) in [4.78, 5) is 10.4. The molecule has 0 fully saturated rings. The highest BCUT2D eigenvalue weighted by Gasteiger charge is 2.25. The zero-order chi connectivity index (χ0) is 10.8. The number of nitrogens with two attached hydrogens (primary N) is 2. The van der Waals surface area contributed by atoms with Gasteiger partial charge < -0.3 is 15.9 Å². The normalized spacial score (nSPS) is 14.8. The third-order valence-electron chi connectivity index (χ3n) is 1.93. The number of aldehydes is 1. The molecule has 0 amide bonds. The third-order valence-corrected chi connectivity index (χ3v) is 1.93. The number of aliphatic hydroxyl groups is 1. The van der Waals surface area contributed by atoms with E-state index in [-0.39, 0.29) is 17.9 Å². The molecule has 0 saturated carbocycles. The quantitative estimate of drug-likeness (QED) is 0.376. The maximum Gasteiger partial charge on any atom is 0.155 e. The van der Waals surface area contributed by atoms with E-state index in [1.165, 1.54) is 18.2 Å². The average Bonchev–Trinajstić information content (AvgIpc) is 2.18. The van der Waals surface area contributed by atoms with Crippen molar-refractivity contribution in [3.05, 3.63) is 29.3 Å². The number of carbonyl (C=O) groups excluding carboxylic acids is 1. The summed E-state index contributed by atoms with van der Waals surface area (Å²) >= 11 is 0. The molecule has 5 heteroatoms. The molecule has 0 unspecified atom stereocenters. The van der Waals surface area contributed by atoms with Gasteiger partial charge in [-0.15, -0.1) is 0 Å². The minimum absolute atomic E-state index is 0.0459. The molecule has 0 aromatic heterocycles. The van der Waals surface area contributed by atoms with Crippen LogP contribution in [0.2, 0.25) is 0 Å². The number of phenolic OH excluding ortho intramolecular Hbond substituents is 1. The summed E-state index contributed by atoms with van der Waals surface area (Å²) in [7, 11) is 0. The van der Waals surface area contributed by atoms with Gasteiger partial charge in [-0.2, -0.15) is 0 Å². The fourth-order valence-electron chi connectivity index (χ4n) is 1.08. The highest BCUT2D eigenvalue weighted by molar-refractivity contribution is 5.75. The number of benzene rings is 1. The molecule has 0 saturated heterocycles. The van der Waals surface area contributed by atoms with Gasteiger partial charge in [0.1, 0.15) is 12.0 Å². The summed E-state index contributed by atoms with van der Waals surface area (Å²) in [6.45, 7) is -0.247. The van der Waals surface area contributed by atoms with Crippen molar-refractivity contribution >= 4 is 6.29 Å². The van der Waals surface area contributed by atoms with Crippen molar-refractivity contribution < 1.29 is 15.0 Å². The van der Waals surface area contributed by atoms with Crippen molar-refractivity contribution in [3.8, 4) is 5.75 Å². The summed E-state index contributed by atoms with van der Waals surface area (Å²) < 4.78 is 0. The first-order chi connectivity index (χ1) is 6.51. The van der Waals surface area contributed by atoms with Crippen molar-refractivity contribution in [2.45, 2.75) is 5.72 Å². The van der Waals surface area contributed by atoms with Gasteiger partial charge in [0.15, 0.2) is 5.72 Å². The molecule has 76 valence electrons. The molecule has 6 N–H and O–H groups in total. The molecule has 0 spiro atoms. The number of hydrogen-bond donors (Lipinski definition) is 4. The Morgan fingerprint density at radius 2 is 2.14 bits per heavy atom. The monoisotopic (exact) mass is 196 g/mol. The zero-order valence-electron chi connectivity index (χ0n) is 7.47. The summed E-state index contributed by atoms with van der Waals surface area (Å²) in [6, 6.07) is 4.00. The van der Waals surface area contributed by atoms with Crippen LogP contribution in [0, 0.1) is 0 Å². The summed E-state index contributed by atoms with van der Waals surface area (Å²) in [5, 5.41) is 19.0. The molecule has 0 aliphatic carbocycles. The lowest BCUT2D eigenvalue weighted by molar-refractivity contribution is 0.0506. The van der Waals surface area contributed by atoms with Crippen LogP contribution in [0.4, 0.5) is 0 Å². The number of phenols is 1. The Morgan fingerprint density at radius 3 is 2.64 bits per heavy atom. The molecule has 1 rings (SSSR count). The fraction of sp³-hybridized carbons (Fsp3) is 0.222. The van der Waals surface area contributed by atoms with Crippen LogP contribution in [-0.4, -0.2) is 23.0 Å². The number of carbonyl (C=O) groups is 1. The molecule has 1 aromatic rings. The molecule has 0 aliphatic heterocycles. The van der Waals surface area contributed by atoms with Gasteiger partial charge in [0.2, 0.25) is 0 Å². The molecule has 0 radical (unpaired) electrons. The van der Waals surface area contributed by atoms with Crippen molar-refractivity contribution in [3.63, 3.8) is 0 Å². The lowest BCUT2D eigenvalue weighted by Crippen LogP contribution is -2.43. The van der Waals surface area contributed by atoms with Gasteiger partial charge in [-0.3, -0.25) is 10.5 Å². The average molecular weight is 196 g/mol. The van der Waals surface area contributed by atoms with Crippen LogP contribution in [0.15, 0.2) is 18.2 Å². The minimum Gasteiger partial charge on any atom is -0.508 e.